The lowest BCUT2D eigenvalue weighted by atomic mass is 10.0. The third-order valence-electron chi connectivity index (χ3n) is 4.39. The van der Waals surface area contributed by atoms with Gasteiger partial charge in [0.15, 0.2) is 0 Å². The Kier molecular flexibility index (Phi) is 4.80. The highest BCUT2D eigenvalue weighted by molar-refractivity contribution is 6.10. The van der Waals surface area contributed by atoms with E-state index < -0.39 is 35.7 Å². The van der Waals surface area contributed by atoms with Crippen LogP contribution in [0.2, 0.25) is 0 Å². The highest BCUT2D eigenvalue weighted by Crippen LogP contribution is 2.37. The first-order valence-electron chi connectivity index (χ1n) is 8.17. The summed E-state index contributed by atoms with van der Waals surface area (Å²) in [6, 6.07) is 8.25. The van der Waals surface area contributed by atoms with Gasteiger partial charge in [-0.15, -0.1) is 0 Å². The summed E-state index contributed by atoms with van der Waals surface area (Å²) in [5.41, 5.74) is -3.24. The van der Waals surface area contributed by atoms with Crippen LogP contribution in [0.1, 0.15) is 28.9 Å². The average molecular weight is 392 g/mol. The lowest BCUT2D eigenvalue weighted by molar-refractivity contribution is -0.200. The molecule has 0 bridgehead atoms. The van der Waals surface area contributed by atoms with E-state index in [1.165, 1.54) is 31.5 Å². The van der Waals surface area contributed by atoms with Crippen molar-refractivity contribution in [3.8, 4) is 0 Å². The van der Waals surface area contributed by atoms with Crippen LogP contribution in [-0.2, 0) is 4.79 Å². The number of alkyl halides is 3. The maximum Gasteiger partial charge on any atom is 0.440 e. The summed E-state index contributed by atoms with van der Waals surface area (Å²) in [5, 5.41) is 3.27. The average Bonchev–Trinajstić information content (AvgIpc) is 2.93. The quantitative estimate of drug-likeness (QED) is 0.782. The van der Waals surface area contributed by atoms with Crippen LogP contribution >= 0.6 is 0 Å². The Labute approximate surface area is 157 Å². The van der Waals surface area contributed by atoms with E-state index in [1.54, 1.807) is 41.0 Å². The van der Waals surface area contributed by atoms with E-state index >= 15 is 0 Å². The minimum Gasteiger partial charge on any atom is -0.314 e. The molecule has 1 fully saturated rings. The van der Waals surface area contributed by atoms with Gasteiger partial charge in [-0.2, -0.15) is 13.2 Å². The van der Waals surface area contributed by atoms with Crippen molar-refractivity contribution >= 4 is 17.8 Å². The molecular weight excluding hydrogens is 377 g/mol. The highest BCUT2D eigenvalue weighted by atomic mass is 19.4. The molecule has 1 saturated heterocycles. The van der Waals surface area contributed by atoms with E-state index in [0.717, 1.165) is 0 Å². The second kappa shape index (κ2) is 6.95. The molecule has 1 aliphatic rings. The lowest BCUT2D eigenvalue weighted by Gasteiger charge is -2.30. The third-order valence-corrected chi connectivity index (χ3v) is 4.39. The fraction of sp³-hybridized carbons (Fsp3) is 0.222. The SMILES string of the molecule is CC(c1ccccc1)N1C(=O)N[C@@](NC(=O)c2ccncc2)(C(F)(F)F)C1=O. The van der Waals surface area contributed by atoms with E-state index in [2.05, 4.69) is 4.98 Å². The number of hydrogen-bond donors (Lipinski definition) is 2. The molecule has 2 aromatic rings. The number of nitrogens with zero attached hydrogens (tertiary/aromatic N) is 2. The first kappa shape index (κ1) is 19.3. The predicted molar refractivity (Wildman–Crippen MR) is 90.7 cm³/mol. The van der Waals surface area contributed by atoms with Crippen LogP contribution < -0.4 is 10.6 Å². The van der Waals surface area contributed by atoms with Crippen molar-refractivity contribution in [2.45, 2.75) is 24.8 Å². The molecule has 1 aliphatic heterocycles. The van der Waals surface area contributed by atoms with Crippen LogP contribution in [0.25, 0.3) is 0 Å². The maximum absolute atomic E-state index is 13.9. The molecule has 146 valence electrons. The Bertz CT molecular complexity index is 905. The van der Waals surface area contributed by atoms with Crippen molar-refractivity contribution in [3.63, 3.8) is 0 Å². The number of aromatic nitrogens is 1. The second-order valence-corrected chi connectivity index (χ2v) is 6.13. The number of halogens is 3. The van der Waals surface area contributed by atoms with Gasteiger partial charge >= 0.3 is 12.2 Å². The molecule has 0 saturated carbocycles. The number of rotatable bonds is 4. The Morgan fingerprint density at radius 3 is 2.32 bits per heavy atom. The minimum absolute atomic E-state index is 0.143. The highest BCUT2D eigenvalue weighted by Gasteiger charge is 2.69. The number of nitrogens with one attached hydrogen (secondary N) is 2. The van der Waals surface area contributed by atoms with E-state index in [9.17, 15) is 27.6 Å². The van der Waals surface area contributed by atoms with Crippen molar-refractivity contribution in [1.29, 1.82) is 0 Å². The number of benzene rings is 1. The number of carbonyl (C=O) groups excluding carboxylic acids is 3. The summed E-state index contributed by atoms with van der Waals surface area (Å²) < 4.78 is 41.6. The number of imide groups is 1. The number of pyridine rings is 1. The molecule has 4 amide bonds. The van der Waals surface area contributed by atoms with Crippen LogP contribution in [0.5, 0.6) is 0 Å². The molecule has 10 heteroatoms. The van der Waals surface area contributed by atoms with Gasteiger partial charge < -0.3 is 5.32 Å². The van der Waals surface area contributed by atoms with Gasteiger partial charge in [0.2, 0.25) is 0 Å². The van der Waals surface area contributed by atoms with Gasteiger partial charge in [0.1, 0.15) is 0 Å². The third kappa shape index (κ3) is 3.17. The van der Waals surface area contributed by atoms with Gasteiger partial charge in [-0.05, 0) is 24.6 Å². The van der Waals surface area contributed by atoms with Gasteiger partial charge in [0.05, 0.1) is 6.04 Å². The fourth-order valence-electron chi connectivity index (χ4n) is 2.87. The molecule has 1 aromatic heterocycles. The van der Waals surface area contributed by atoms with Crippen molar-refractivity contribution in [1.82, 2.24) is 20.5 Å². The minimum atomic E-state index is -5.27. The van der Waals surface area contributed by atoms with E-state index in [-0.39, 0.29) is 5.56 Å². The van der Waals surface area contributed by atoms with Gasteiger partial charge in [-0.25, -0.2) is 4.79 Å². The second-order valence-electron chi connectivity index (χ2n) is 6.13. The topological polar surface area (TPSA) is 91.4 Å². The van der Waals surface area contributed by atoms with Gasteiger partial charge in [-0.3, -0.25) is 24.8 Å². The zero-order valence-corrected chi connectivity index (χ0v) is 14.5. The van der Waals surface area contributed by atoms with Crippen molar-refractivity contribution in [2.24, 2.45) is 0 Å². The zero-order chi connectivity index (χ0) is 20.5. The number of amides is 4. The smallest absolute Gasteiger partial charge is 0.314 e. The Morgan fingerprint density at radius 2 is 1.75 bits per heavy atom. The summed E-state index contributed by atoms with van der Waals surface area (Å²) in [6.07, 6.45) is -2.84. The normalized spacial score (nSPS) is 20.6. The summed E-state index contributed by atoms with van der Waals surface area (Å²) in [4.78, 5) is 41.5. The largest absolute Gasteiger partial charge is 0.440 e. The maximum atomic E-state index is 13.9. The van der Waals surface area contributed by atoms with E-state index in [0.29, 0.717) is 10.5 Å². The van der Waals surface area contributed by atoms with Crippen LogP contribution in [0.4, 0.5) is 18.0 Å². The Hall–Kier alpha value is -3.43. The predicted octanol–water partition coefficient (Wildman–Crippen LogP) is 2.38. The van der Waals surface area contributed by atoms with Gasteiger partial charge in [0, 0.05) is 18.0 Å². The van der Waals surface area contributed by atoms with Crippen molar-refractivity contribution < 1.29 is 27.6 Å². The zero-order valence-electron chi connectivity index (χ0n) is 14.5. The molecule has 3 rings (SSSR count). The molecule has 2 heterocycles. The molecule has 0 spiro atoms. The summed E-state index contributed by atoms with van der Waals surface area (Å²) >= 11 is 0. The number of urea groups is 1. The lowest BCUT2D eigenvalue weighted by Crippen LogP contribution is -2.69. The van der Waals surface area contributed by atoms with Crippen LogP contribution in [0.3, 0.4) is 0 Å². The van der Waals surface area contributed by atoms with E-state index in [1.807, 2.05) is 0 Å². The molecule has 7 nitrogen and oxygen atoms in total. The fourth-order valence-corrected chi connectivity index (χ4v) is 2.87. The first-order chi connectivity index (χ1) is 13.2. The van der Waals surface area contributed by atoms with Crippen molar-refractivity contribution in [3.05, 3.63) is 66.0 Å². The molecule has 0 radical (unpaired) electrons. The molecule has 2 atom stereocenters. The summed E-state index contributed by atoms with van der Waals surface area (Å²) in [7, 11) is 0. The van der Waals surface area contributed by atoms with Crippen molar-refractivity contribution in [2.75, 3.05) is 0 Å². The molecule has 0 aliphatic carbocycles. The number of carbonyl (C=O) groups is 3. The van der Waals surface area contributed by atoms with Gasteiger partial charge in [-0.1, -0.05) is 30.3 Å². The molecule has 1 aromatic carbocycles. The molecule has 1 unspecified atom stereocenters. The Balaban J connectivity index is 1.97. The van der Waals surface area contributed by atoms with Gasteiger partial charge in [0.25, 0.3) is 17.5 Å². The molecular formula is C18H15F3N4O3. The van der Waals surface area contributed by atoms with Crippen LogP contribution in [0, 0.1) is 0 Å². The van der Waals surface area contributed by atoms with Crippen LogP contribution in [0.15, 0.2) is 54.9 Å². The summed E-state index contributed by atoms with van der Waals surface area (Å²) in [6.45, 7) is 1.42. The standard InChI is InChI=1S/C18H15F3N4O3/c1-11(12-5-3-2-4-6-12)25-15(27)17(18(19,20)21,24-16(25)28)23-14(26)13-7-9-22-10-8-13/h2-11H,1H3,(H,23,26)(H,24,28)/t11?,17-/m1/s1. The Morgan fingerprint density at radius 1 is 1.14 bits per heavy atom. The molecule has 28 heavy (non-hydrogen) atoms. The monoisotopic (exact) mass is 392 g/mol. The summed E-state index contributed by atoms with van der Waals surface area (Å²) in [5.74, 6) is -2.79. The van der Waals surface area contributed by atoms with E-state index in [4.69, 9.17) is 0 Å². The molecule has 2 N–H and O–H groups in total. The first-order valence-corrected chi connectivity index (χ1v) is 8.17. The number of hydrogen-bond acceptors (Lipinski definition) is 4. The van der Waals surface area contributed by atoms with Crippen LogP contribution in [-0.4, -0.2) is 39.6 Å².